The zero-order chi connectivity index (χ0) is 14.7. The van der Waals surface area contributed by atoms with E-state index in [1.807, 2.05) is 4.57 Å². The molecule has 1 aromatic heterocycles. The minimum absolute atomic E-state index is 0.375. The standard InChI is InChI=1S/C16H20N2O2/c1-11(2)13-6-4-12(5-7-13)9-18-10-14(17)8-15(18)16(19)20-3/h4-8,10-11H,9,17H2,1-3H3. The number of carbonyl (C=O) groups excluding carboxylic acids is 1. The van der Waals surface area contributed by atoms with Crippen LogP contribution in [-0.4, -0.2) is 17.6 Å². The van der Waals surface area contributed by atoms with Crippen LogP contribution in [0.5, 0.6) is 0 Å². The molecule has 0 spiro atoms. The monoisotopic (exact) mass is 272 g/mol. The van der Waals surface area contributed by atoms with E-state index in [-0.39, 0.29) is 5.97 Å². The Balaban J connectivity index is 2.23. The summed E-state index contributed by atoms with van der Waals surface area (Å²) in [5.41, 5.74) is 9.21. The van der Waals surface area contributed by atoms with Crippen LogP contribution in [0, 0.1) is 0 Å². The molecule has 0 saturated carbocycles. The number of hydrogen-bond acceptors (Lipinski definition) is 3. The van der Waals surface area contributed by atoms with Crippen molar-refractivity contribution >= 4 is 11.7 Å². The number of ether oxygens (including phenoxy) is 1. The minimum atomic E-state index is -0.375. The Bertz CT molecular complexity index is 597. The van der Waals surface area contributed by atoms with Crippen molar-refractivity contribution < 1.29 is 9.53 Å². The van der Waals surface area contributed by atoms with Crippen molar-refractivity contribution in [3.63, 3.8) is 0 Å². The summed E-state index contributed by atoms with van der Waals surface area (Å²) in [6.45, 7) is 4.92. The van der Waals surface area contributed by atoms with Gasteiger partial charge in [-0.2, -0.15) is 0 Å². The molecule has 2 rings (SSSR count). The molecule has 0 saturated heterocycles. The number of rotatable bonds is 4. The topological polar surface area (TPSA) is 57.2 Å². The van der Waals surface area contributed by atoms with Crippen molar-refractivity contribution in [1.29, 1.82) is 0 Å². The Labute approximate surface area is 119 Å². The summed E-state index contributed by atoms with van der Waals surface area (Å²) in [5, 5.41) is 0. The Morgan fingerprint density at radius 2 is 1.95 bits per heavy atom. The van der Waals surface area contributed by atoms with Gasteiger partial charge >= 0.3 is 5.97 Å². The molecule has 0 unspecified atom stereocenters. The fourth-order valence-electron chi connectivity index (χ4n) is 2.14. The summed E-state index contributed by atoms with van der Waals surface area (Å²) in [7, 11) is 1.37. The summed E-state index contributed by atoms with van der Waals surface area (Å²) in [4.78, 5) is 11.7. The van der Waals surface area contributed by atoms with Gasteiger partial charge in [0.1, 0.15) is 5.69 Å². The number of anilines is 1. The van der Waals surface area contributed by atoms with Gasteiger partial charge in [0.2, 0.25) is 0 Å². The van der Waals surface area contributed by atoms with Crippen LogP contribution in [0.25, 0.3) is 0 Å². The highest BCUT2D eigenvalue weighted by molar-refractivity contribution is 5.89. The maximum Gasteiger partial charge on any atom is 0.354 e. The first-order valence-electron chi connectivity index (χ1n) is 6.64. The van der Waals surface area contributed by atoms with E-state index in [2.05, 4.69) is 38.1 Å². The number of nitrogen functional groups attached to an aromatic ring is 1. The first-order valence-corrected chi connectivity index (χ1v) is 6.64. The van der Waals surface area contributed by atoms with Crippen LogP contribution in [-0.2, 0) is 11.3 Å². The maximum atomic E-state index is 11.7. The van der Waals surface area contributed by atoms with Crippen molar-refractivity contribution in [2.75, 3.05) is 12.8 Å². The number of benzene rings is 1. The van der Waals surface area contributed by atoms with E-state index in [4.69, 9.17) is 10.5 Å². The fourth-order valence-corrected chi connectivity index (χ4v) is 2.14. The third-order valence-corrected chi connectivity index (χ3v) is 3.31. The molecule has 0 atom stereocenters. The van der Waals surface area contributed by atoms with E-state index in [0.29, 0.717) is 23.8 Å². The van der Waals surface area contributed by atoms with Crippen LogP contribution >= 0.6 is 0 Å². The lowest BCUT2D eigenvalue weighted by Crippen LogP contribution is -2.10. The van der Waals surface area contributed by atoms with Crippen molar-refractivity contribution in [3.05, 3.63) is 53.3 Å². The Morgan fingerprint density at radius 3 is 2.50 bits per heavy atom. The van der Waals surface area contributed by atoms with Gasteiger partial charge in [0, 0.05) is 12.7 Å². The van der Waals surface area contributed by atoms with Crippen LogP contribution in [0.1, 0.15) is 41.4 Å². The smallest absolute Gasteiger partial charge is 0.354 e. The van der Waals surface area contributed by atoms with Crippen molar-refractivity contribution in [2.45, 2.75) is 26.3 Å². The number of carbonyl (C=O) groups is 1. The van der Waals surface area contributed by atoms with E-state index in [1.54, 1.807) is 12.3 Å². The van der Waals surface area contributed by atoms with E-state index >= 15 is 0 Å². The van der Waals surface area contributed by atoms with E-state index in [9.17, 15) is 4.79 Å². The third-order valence-electron chi connectivity index (χ3n) is 3.31. The summed E-state index contributed by atoms with van der Waals surface area (Å²) in [5.74, 6) is 0.136. The second kappa shape index (κ2) is 5.82. The quantitative estimate of drug-likeness (QED) is 0.870. The zero-order valence-electron chi connectivity index (χ0n) is 12.1. The molecule has 0 aliphatic heterocycles. The molecule has 0 bridgehead atoms. The van der Waals surface area contributed by atoms with Gasteiger partial charge in [-0.05, 0) is 23.1 Å². The number of aromatic nitrogens is 1. The summed E-state index contributed by atoms with van der Waals surface area (Å²) in [6.07, 6.45) is 1.75. The summed E-state index contributed by atoms with van der Waals surface area (Å²) < 4.78 is 6.57. The second-order valence-electron chi connectivity index (χ2n) is 5.17. The first kappa shape index (κ1) is 14.2. The minimum Gasteiger partial charge on any atom is -0.464 e. The Hall–Kier alpha value is -2.23. The van der Waals surface area contributed by atoms with Gasteiger partial charge in [0.25, 0.3) is 0 Å². The molecule has 4 heteroatoms. The van der Waals surface area contributed by atoms with Crippen molar-refractivity contribution in [3.8, 4) is 0 Å². The molecule has 0 aliphatic carbocycles. The number of hydrogen-bond donors (Lipinski definition) is 1. The van der Waals surface area contributed by atoms with Crippen molar-refractivity contribution in [1.82, 2.24) is 4.57 Å². The summed E-state index contributed by atoms with van der Waals surface area (Å²) >= 11 is 0. The molecule has 2 aromatic rings. The highest BCUT2D eigenvalue weighted by atomic mass is 16.5. The van der Waals surface area contributed by atoms with Gasteiger partial charge in [-0.15, -0.1) is 0 Å². The average Bonchev–Trinajstić information content (AvgIpc) is 2.79. The molecule has 1 heterocycles. The van der Waals surface area contributed by atoms with Gasteiger partial charge in [0.15, 0.2) is 0 Å². The number of nitrogens with zero attached hydrogens (tertiary/aromatic N) is 1. The van der Waals surface area contributed by atoms with Crippen LogP contribution in [0.15, 0.2) is 36.5 Å². The average molecular weight is 272 g/mol. The first-order chi connectivity index (χ1) is 9.51. The molecule has 0 amide bonds. The molecule has 106 valence electrons. The van der Waals surface area contributed by atoms with Gasteiger partial charge in [0.05, 0.1) is 12.8 Å². The lowest BCUT2D eigenvalue weighted by Gasteiger charge is -2.10. The van der Waals surface area contributed by atoms with Gasteiger partial charge in [-0.25, -0.2) is 4.79 Å². The molecule has 0 aliphatic rings. The number of nitrogens with two attached hydrogens (primary N) is 1. The van der Waals surface area contributed by atoms with Crippen LogP contribution in [0.4, 0.5) is 5.69 Å². The number of esters is 1. The molecular formula is C16H20N2O2. The predicted molar refractivity (Wildman–Crippen MR) is 79.8 cm³/mol. The fraction of sp³-hybridized carbons (Fsp3) is 0.312. The molecule has 4 nitrogen and oxygen atoms in total. The number of methoxy groups -OCH3 is 1. The zero-order valence-corrected chi connectivity index (χ0v) is 12.1. The third kappa shape index (κ3) is 3.02. The molecule has 0 fully saturated rings. The van der Waals surface area contributed by atoms with E-state index < -0.39 is 0 Å². The van der Waals surface area contributed by atoms with Crippen LogP contribution < -0.4 is 5.73 Å². The van der Waals surface area contributed by atoms with E-state index in [1.165, 1.54) is 12.7 Å². The summed E-state index contributed by atoms with van der Waals surface area (Å²) in [6, 6.07) is 10.0. The molecule has 0 radical (unpaired) electrons. The molecule has 2 N–H and O–H groups in total. The highest BCUT2D eigenvalue weighted by Gasteiger charge is 2.13. The lowest BCUT2D eigenvalue weighted by atomic mass is 10.0. The molecule has 1 aromatic carbocycles. The maximum absolute atomic E-state index is 11.7. The predicted octanol–water partition coefficient (Wildman–Crippen LogP) is 3.03. The van der Waals surface area contributed by atoms with Gasteiger partial charge < -0.3 is 15.0 Å². The van der Waals surface area contributed by atoms with Gasteiger partial charge in [-0.1, -0.05) is 38.1 Å². The van der Waals surface area contributed by atoms with Crippen LogP contribution in [0.2, 0.25) is 0 Å². The van der Waals surface area contributed by atoms with Gasteiger partial charge in [-0.3, -0.25) is 0 Å². The Morgan fingerprint density at radius 1 is 1.30 bits per heavy atom. The SMILES string of the molecule is COC(=O)c1cc(N)cn1Cc1ccc(C(C)C)cc1. The Kier molecular flexibility index (Phi) is 4.13. The lowest BCUT2D eigenvalue weighted by molar-refractivity contribution is 0.0589. The van der Waals surface area contributed by atoms with Crippen molar-refractivity contribution in [2.24, 2.45) is 0 Å². The van der Waals surface area contributed by atoms with Crippen LogP contribution in [0.3, 0.4) is 0 Å². The normalized spacial score (nSPS) is 10.8. The second-order valence-corrected chi connectivity index (χ2v) is 5.17. The highest BCUT2D eigenvalue weighted by Crippen LogP contribution is 2.17. The molecular weight excluding hydrogens is 252 g/mol. The largest absolute Gasteiger partial charge is 0.464 e. The molecule has 20 heavy (non-hydrogen) atoms. The van der Waals surface area contributed by atoms with E-state index in [0.717, 1.165) is 5.56 Å².